The molecule has 1 aliphatic heterocycles. The Morgan fingerprint density at radius 1 is 1.10 bits per heavy atom. The molecule has 1 aromatic carbocycles. The number of nitrogens with zero attached hydrogens (tertiary/aromatic N) is 4. The predicted molar refractivity (Wildman–Crippen MR) is 114 cm³/mol. The highest BCUT2D eigenvalue weighted by atomic mass is 32.1. The maximum absolute atomic E-state index is 11.9. The molecule has 1 aliphatic rings. The number of hydrogen-bond donors (Lipinski definition) is 0. The Kier molecular flexibility index (Phi) is 7.35. The monoisotopic (exact) mass is 416 g/mol. The number of thiazole rings is 1. The van der Waals surface area contributed by atoms with Gasteiger partial charge in [0.15, 0.2) is 0 Å². The highest BCUT2D eigenvalue weighted by molar-refractivity contribution is 7.13. The van der Waals surface area contributed by atoms with Gasteiger partial charge in [-0.1, -0.05) is 12.1 Å². The summed E-state index contributed by atoms with van der Waals surface area (Å²) < 4.78 is 4.74. The van der Waals surface area contributed by atoms with Gasteiger partial charge in [-0.05, 0) is 31.6 Å². The van der Waals surface area contributed by atoms with Crippen LogP contribution in [0.4, 0.5) is 0 Å². The molecule has 1 aromatic heterocycles. The van der Waals surface area contributed by atoms with E-state index in [-0.39, 0.29) is 11.9 Å². The van der Waals surface area contributed by atoms with E-state index in [9.17, 15) is 9.59 Å². The normalized spacial score (nSPS) is 15.7. The van der Waals surface area contributed by atoms with Crippen LogP contribution in [0.1, 0.15) is 22.5 Å². The van der Waals surface area contributed by atoms with Crippen LogP contribution < -0.4 is 0 Å². The van der Waals surface area contributed by atoms with Crippen molar-refractivity contribution >= 4 is 23.2 Å². The van der Waals surface area contributed by atoms with E-state index in [1.165, 1.54) is 7.11 Å². The highest BCUT2D eigenvalue weighted by Gasteiger charge is 2.19. The number of carbonyl (C=O) groups is 2. The second kappa shape index (κ2) is 9.96. The summed E-state index contributed by atoms with van der Waals surface area (Å²) in [6, 6.07) is 7.34. The lowest BCUT2D eigenvalue weighted by Gasteiger charge is -2.22. The van der Waals surface area contributed by atoms with Crippen LogP contribution in [0.3, 0.4) is 0 Å². The molecule has 2 heterocycles. The number of ether oxygens (including phenoxy) is 1. The Morgan fingerprint density at radius 3 is 2.48 bits per heavy atom. The second-order valence-electron chi connectivity index (χ2n) is 7.41. The lowest BCUT2D eigenvalue weighted by Crippen LogP contribution is -2.38. The van der Waals surface area contributed by atoms with Crippen molar-refractivity contribution in [2.24, 2.45) is 0 Å². The van der Waals surface area contributed by atoms with E-state index in [4.69, 9.17) is 9.72 Å². The molecule has 2 aromatic rings. The predicted octanol–water partition coefficient (Wildman–Crippen LogP) is 2.19. The van der Waals surface area contributed by atoms with Gasteiger partial charge < -0.3 is 9.64 Å². The zero-order valence-electron chi connectivity index (χ0n) is 17.3. The van der Waals surface area contributed by atoms with Gasteiger partial charge in [-0.15, -0.1) is 11.3 Å². The number of likely N-dealkylation sites (N-methyl/N-ethyl adjacent to an activating group) is 1. The number of methoxy groups -OCH3 is 1. The molecule has 29 heavy (non-hydrogen) atoms. The number of aromatic nitrogens is 1. The largest absolute Gasteiger partial charge is 0.465 e. The van der Waals surface area contributed by atoms with E-state index in [2.05, 4.69) is 15.2 Å². The number of amides is 1. The SMILES string of the molecule is COC(=O)c1ccc(-c2nc(CN3CCCN(CC(=O)N(C)C)CC3)cs2)cc1. The maximum Gasteiger partial charge on any atom is 0.337 e. The van der Waals surface area contributed by atoms with E-state index >= 15 is 0 Å². The van der Waals surface area contributed by atoms with Crippen molar-refractivity contribution in [3.63, 3.8) is 0 Å². The molecular formula is C21H28N4O3S. The fourth-order valence-corrected chi connectivity index (χ4v) is 4.10. The number of carbonyl (C=O) groups excluding carboxylic acids is 2. The van der Waals surface area contributed by atoms with Crippen LogP contribution in [0.5, 0.6) is 0 Å². The van der Waals surface area contributed by atoms with Crippen molar-refractivity contribution in [1.82, 2.24) is 19.7 Å². The molecule has 156 valence electrons. The van der Waals surface area contributed by atoms with Gasteiger partial charge >= 0.3 is 5.97 Å². The minimum atomic E-state index is -0.334. The van der Waals surface area contributed by atoms with E-state index in [1.54, 1.807) is 42.5 Å². The van der Waals surface area contributed by atoms with Gasteiger partial charge in [-0.3, -0.25) is 14.6 Å². The fourth-order valence-electron chi connectivity index (χ4n) is 3.28. The highest BCUT2D eigenvalue weighted by Crippen LogP contribution is 2.25. The van der Waals surface area contributed by atoms with E-state index < -0.39 is 0 Å². The summed E-state index contributed by atoms with van der Waals surface area (Å²) >= 11 is 1.61. The van der Waals surface area contributed by atoms with E-state index in [0.717, 1.165) is 55.4 Å². The van der Waals surface area contributed by atoms with Crippen molar-refractivity contribution in [3.8, 4) is 10.6 Å². The summed E-state index contributed by atoms with van der Waals surface area (Å²) in [6.07, 6.45) is 1.05. The van der Waals surface area contributed by atoms with Gasteiger partial charge in [-0.25, -0.2) is 9.78 Å². The van der Waals surface area contributed by atoms with Gasteiger partial charge in [0.25, 0.3) is 0 Å². The first-order valence-corrected chi connectivity index (χ1v) is 10.6. The molecule has 0 spiro atoms. The molecule has 3 rings (SSSR count). The molecule has 1 amide bonds. The first kappa shape index (κ1) is 21.4. The van der Waals surface area contributed by atoms with Crippen LogP contribution in [0, 0.1) is 0 Å². The van der Waals surface area contributed by atoms with Gasteiger partial charge in [0.2, 0.25) is 5.91 Å². The molecule has 7 nitrogen and oxygen atoms in total. The lowest BCUT2D eigenvalue weighted by molar-refractivity contribution is -0.129. The van der Waals surface area contributed by atoms with Crippen LogP contribution in [-0.4, -0.2) is 85.5 Å². The molecule has 0 unspecified atom stereocenters. The Hall–Kier alpha value is -2.29. The Labute approximate surface area is 175 Å². The van der Waals surface area contributed by atoms with Crippen LogP contribution in [0.15, 0.2) is 29.6 Å². The molecule has 1 saturated heterocycles. The van der Waals surface area contributed by atoms with Gasteiger partial charge in [-0.2, -0.15) is 0 Å². The van der Waals surface area contributed by atoms with Crippen molar-refractivity contribution in [1.29, 1.82) is 0 Å². The molecule has 0 atom stereocenters. The Morgan fingerprint density at radius 2 is 1.79 bits per heavy atom. The average molecular weight is 417 g/mol. The molecule has 1 fully saturated rings. The molecule has 0 aliphatic carbocycles. The van der Waals surface area contributed by atoms with Crippen molar-refractivity contribution < 1.29 is 14.3 Å². The van der Waals surface area contributed by atoms with Crippen molar-refractivity contribution in [2.75, 3.05) is 53.9 Å². The van der Waals surface area contributed by atoms with E-state index in [0.29, 0.717) is 12.1 Å². The molecule has 0 N–H and O–H groups in total. The third-order valence-electron chi connectivity index (χ3n) is 5.03. The van der Waals surface area contributed by atoms with Crippen molar-refractivity contribution in [2.45, 2.75) is 13.0 Å². The molecule has 0 bridgehead atoms. The maximum atomic E-state index is 11.9. The van der Waals surface area contributed by atoms with Crippen LogP contribution in [0.2, 0.25) is 0 Å². The zero-order chi connectivity index (χ0) is 20.8. The summed E-state index contributed by atoms with van der Waals surface area (Å²) in [7, 11) is 4.98. The summed E-state index contributed by atoms with van der Waals surface area (Å²) in [5.74, 6) is -0.181. The summed E-state index contributed by atoms with van der Waals surface area (Å²) in [4.78, 5) is 34.6. The average Bonchev–Trinajstić information content (AvgIpc) is 3.08. The number of esters is 1. The quantitative estimate of drug-likeness (QED) is 0.673. The molecule has 8 heteroatoms. The van der Waals surface area contributed by atoms with Crippen LogP contribution in [0.25, 0.3) is 10.6 Å². The fraction of sp³-hybridized carbons (Fsp3) is 0.476. The molecule has 0 radical (unpaired) electrons. The molecular weight excluding hydrogens is 388 g/mol. The smallest absolute Gasteiger partial charge is 0.337 e. The van der Waals surface area contributed by atoms with Crippen LogP contribution >= 0.6 is 11.3 Å². The molecule has 0 saturated carbocycles. The number of hydrogen-bond acceptors (Lipinski definition) is 7. The minimum absolute atomic E-state index is 0.154. The standard InChI is InChI=1S/C21H28N4O3S/c1-23(2)19(26)14-25-10-4-9-24(11-12-25)13-18-15-29-20(22-18)16-5-7-17(8-6-16)21(27)28-3/h5-8,15H,4,9-14H2,1-3H3. The number of rotatable bonds is 6. The lowest BCUT2D eigenvalue weighted by atomic mass is 10.1. The summed E-state index contributed by atoms with van der Waals surface area (Å²) in [5.41, 5.74) is 2.59. The second-order valence-corrected chi connectivity index (χ2v) is 8.27. The summed E-state index contributed by atoms with van der Waals surface area (Å²) in [5, 5.41) is 3.05. The summed E-state index contributed by atoms with van der Waals surface area (Å²) in [6.45, 7) is 5.08. The van der Waals surface area contributed by atoms with Crippen molar-refractivity contribution in [3.05, 3.63) is 40.9 Å². The van der Waals surface area contributed by atoms with Crippen LogP contribution in [-0.2, 0) is 16.1 Å². The minimum Gasteiger partial charge on any atom is -0.465 e. The Balaban J connectivity index is 1.56. The number of benzene rings is 1. The third-order valence-corrected chi connectivity index (χ3v) is 5.97. The topological polar surface area (TPSA) is 66.0 Å². The van der Waals surface area contributed by atoms with E-state index in [1.807, 2.05) is 12.1 Å². The first-order valence-electron chi connectivity index (χ1n) is 9.74. The first-order chi connectivity index (χ1) is 14.0. The third kappa shape index (κ3) is 5.85. The zero-order valence-corrected chi connectivity index (χ0v) is 18.1. The van der Waals surface area contributed by atoms with Gasteiger partial charge in [0, 0.05) is 44.7 Å². The Bertz CT molecular complexity index is 835. The van der Waals surface area contributed by atoms with Gasteiger partial charge in [0.05, 0.1) is 24.9 Å². The van der Waals surface area contributed by atoms with Gasteiger partial charge in [0.1, 0.15) is 5.01 Å².